The summed E-state index contributed by atoms with van der Waals surface area (Å²) in [5.74, 6) is -0.255. The van der Waals surface area contributed by atoms with E-state index < -0.39 is 0 Å². The van der Waals surface area contributed by atoms with Crippen molar-refractivity contribution in [3.05, 3.63) is 29.6 Å². The number of carbonyl (C=O) groups is 2. The molecule has 22 heavy (non-hydrogen) atoms. The van der Waals surface area contributed by atoms with Crippen LogP contribution in [0.5, 0.6) is 0 Å². The van der Waals surface area contributed by atoms with Crippen molar-refractivity contribution in [2.24, 2.45) is 0 Å². The normalized spacial score (nSPS) is 10.3. The number of hydrogen-bond donors (Lipinski definition) is 1. The van der Waals surface area contributed by atoms with Gasteiger partial charge in [-0.1, -0.05) is 27.2 Å². The van der Waals surface area contributed by atoms with Crippen molar-refractivity contribution in [3.63, 3.8) is 0 Å². The SMILES string of the molecule is CCCCNC(=O)c1cc(C(=O)N(CCC)CCC)ccn1. The molecular weight excluding hydrogens is 278 g/mol. The van der Waals surface area contributed by atoms with Gasteiger partial charge < -0.3 is 10.2 Å². The van der Waals surface area contributed by atoms with Crippen LogP contribution < -0.4 is 5.32 Å². The Bertz CT molecular complexity index is 483. The van der Waals surface area contributed by atoms with Crippen molar-refractivity contribution in [1.82, 2.24) is 15.2 Å². The minimum absolute atomic E-state index is 0.0336. The number of carbonyl (C=O) groups excluding carboxylic acids is 2. The Morgan fingerprint density at radius 1 is 1.14 bits per heavy atom. The Kier molecular flexibility index (Phi) is 8.18. The minimum Gasteiger partial charge on any atom is -0.351 e. The highest BCUT2D eigenvalue weighted by Crippen LogP contribution is 2.08. The molecule has 1 aromatic heterocycles. The molecule has 0 fully saturated rings. The fraction of sp³-hybridized carbons (Fsp3) is 0.588. The summed E-state index contributed by atoms with van der Waals surface area (Å²) in [7, 11) is 0. The van der Waals surface area contributed by atoms with Crippen LogP contribution >= 0.6 is 0 Å². The van der Waals surface area contributed by atoms with Gasteiger partial charge in [-0.3, -0.25) is 14.6 Å². The largest absolute Gasteiger partial charge is 0.351 e. The lowest BCUT2D eigenvalue weighted by molar-refractivity contribution is 0.0755. The van der Waals surface area contributed by atoms with Crippen LogP contribution in [-0.4, -0.2) is 41.3 Å². The number of pyridine rings is 1. The minimum atomic E-state index is -0.222. The maximum Gasteiger partial charge on any atom is 0.269 e. The number of nitrogens with one attached hydrogen (secondary N) is 1. The molecule has 0 aliphatic heterocycles. The molecule has 2 amide bonds. The standard InChI is InChI=1S/C17H27N3O2/c1-4-7-9-19-16(21)15-13-14(8-10-18-15)17(22)20(11-5-2)12-6-3/h8,10,13H,4-7,9,11-12H2,1-3H3,(H,19,21). The van der Waals surface area contributed by atoms with Gasteiger partial charge in [0.25, 0.3) is 11.8 Å². The van der Waals surface area contributed by atoms with Gasteiger partial charge >= 0.3 is 0 Å². The number of hydrogen-bond acceptors (Lipinski definition) is 3. The maximum absolute atomic E-state index is 12.5. The van der Waals surface area contributed by atoms with E-state index in [2.05, 4.69) is 31.1 Å². The van der Waals surface area contributed by atoms with Crippen LogP contribution in [0.4, 0.5) is 0 Å². The molecular formula is C17H27N3O2. The molecule has 1 heterocycles. The molecule has 122 valence electrons. The summed E-state index contributed by atoms with van der Waals surface area (Å²) in [5.41, 5.74) is 0.826. The molecule has 0 aromatic carbocycles. The number of amides is 2. The molecule has 0 aliphatic carbocycles. The van der Waals surface area contributed by atoms with E-state index in [-0.39, 0.29) is 11.8 Å². The second kappa shape index (κ2) is 9.92. The molecule has 0 bridgehead atoms. The molecule has 0 radical (unpaired) electrons. The number of nitrogens with zero attached hydrogens (tertiary/aromatic N) is 2. The van der Waals surface area contributed by atoms with E-state index in [1.165, 1.54) is 6.20 Å². The van der Waals surface area contributed by atoms with E-state index in [9.17, 15) is 9.59 Å². The Morgan fingerprint density at radius 2 is 1.82 bits per heavy atom. The summed E-state index contributed by atoms with van der Waals surface area (Å²) in [6, 6.07) is 3.26. The van der Waals surface area contributed by atoms with Gasteiger partial charge in [0.15, 0.2) is 0 Å². The van der Waals surface area contributed by atoms with Crippen molar-refractivity contribution in [2.45, 2.75) is 46.5 Å². The molecule has 0 saturated heterocycles. The molecule has 1 N–H and O–H groups in total. The second-order valence-corrected chi connectivity index (χ2v) is 5.33. The molecule has 5 heteroatoms. The van der Waals surface area contributed by atoms with Gasteiger partial charge in [0.1, 0.15) is 5.69 Å². The van der Waals surface area contributed by atoms with Crippen molar-refractivity contribution >= 4 is 11.8 Å². The quantitative estimate of drug-likeness (QED) is 0.714. The Hall–Kier alpha value is -1.91. The second-order valence-electron chi connectivity index (χ2n) is 5.33. The summed E-state index contributed by atoms with van der Waals surface area (Å²) in [6.07, 6.45) is 5.32. The third-order valence-corrected chi connectivity index (χ3v) is 3.33. The van der Waals surface area contributed by atoms with Crippen molar-refractivity contribution in [1.29, 1.82) is 0 Å². The van der Waals surface area contributed by atoms with E-state index in [0.29, 0.717) is 17.8 Å². The Labute approximate surface area is 133 Å². The van der Waals surface area contributed by atoms with E-state index in [0.717, 1.165) is 38.8 Å². The zero-order valence-electron chi connectivity index (χ0n) is 13.9. The van der Waals surface area contributed by atoms with Gasteiger partial charge in [0.05, 0.1) is 0 Å². The van der Waals surface area contributed by atoms with Gasteiger partial charge in [-0.05, 0) is 31.4 Å². The molecule has 0 unspecified atom stereocenters. The summed E-state index contributed by atoms with van der Waals surface area (Å²) < 4.78 is 0. The van der Waals surface area contributed by atoms with E-state index in [1.807, 2.05) is 4.90 Å². The molecule has 0 atom stereocenters. The van der Waals surface area contributed by atoms with Gasteiger partial charge in [-0.2, -0.15) is 0 Å². The van der Waals surface area contributed by atoms with Crippen LogP contribution in [0.1, 0.15) is 67.3 Å². The molecule has 1 rings (SSSR count). The highest BCUT2D eigenvalue weighted by molar-refractivity contribution is 5.98. The Morgan fingerprint density at radius 3 is 2.41 bits per heavy atom. The first-order chi connectivity index (χ1) is 10.6. The first kappa shape index (κ1) is 18.1. The van der Waals surface area contributed by atoms with Crippen LogP contribution in [0.25, 0.3) is 0 Å². The molecule has 1 aromatic rings. The lowest BCUT2D eigenvalue weighted by Gasteiger charge is -2.21. The summed E-state index contributed by atoms with van der Waals surface area (Å²) in [6.45, 7) is 8.26. The van der Waals surface area contributed by atoms with Crippen LogP contribution in [-0.2, 0) is 0 Å². The van der Waals surface area contributed by atoms with E-state index in [1.54, 1.807) is 12.1 Å². The highest BCUT2D eigenvalue weighted by atomic mass is 16.2. The lowest BCUT2D eigenvalue weighted by Crippen LogP contribution is -2.33. The summed E-state index contributed by atoms with van der Waals surface area (Å²) in [5, 5.41) is 2.82. The number of unbranched alkanes of at least 4 members (excludes halogenated alkanes) is 1. The summed E-state index contributed by atoms with van der Waals surface area (Å²) >= 11 is 0. The van der Waals surface area contributed by atoms with Crippen molar-refractivity contribution < 1.29 is 9.59 Å². The Balaban J connectivity index is 2.81. The number of aromatic nitrogens is 1. The maximum atomic E-state index is 12.5. The summed E-state index contributed by atoms with van der Waals surface area (Å²) in [4.78, 5) is 30.4. The zero-order valence-corrected chi connectivity index (χ0v) is 13.9. The van der Waals surface area contributed by atoms with Gasteiger partial charge in [-0.25, -0.2) is 0 Å². The third kappa shape index (κ3) is 5.47. The molecule has 0 spiro atoms. The van der Waals surface area contributed by atoms with Crippen LogP contribution in [0, 0.1) is 0 Å². The topological polar surface area (TPSA) is 62.3 Å². The average Bonchev–Trinajstić information content (AvgIpc) is 2.54. The van der Waals surface area contributed by atoms with Crippen LogP contribution in [0.2, 0.25) is 0 Å². The first-order valence-corrected chi connectivity index (χ1v) is 8.17. The average molecular weight is 305 g/mol. The smallest absolute Gasteiger partial charge is 0.269 e. The highest BCUT2D eigenvalue weighted by Gasteiger charge is 2.16. The van der Waals surface area contributed by atoms with Crippen LogP contribution in [0.3, 0.4) is 0 Å². The number of rotatable bonds is 9. The zero-order chi connectivity index (χ0) is 16.4. The predicted molar refractivity (Wildman–Crippen MR) is 88.0 cm³/mol. The van der Waals surface area contributed by atoms with Crippen LogP contribution in [0.15, 0.2) is 18.3 Å². The van der Waals surface area contributed by atoms with Crippen molar-refractivity contribution in [2.75, 3.05) is 19.6 Å². The molecule has 0 aliphatic rings. The first-order valence-electron chi connectivity index (χ1n) is 8.17. The van der Waals surface area contributed by atoms with E-state index in [4.69, 9.17) is 0 Å². The molecule has 5 nitrogen and oxygen atoms in total. The molecule has 0 saturated carbocycles. The monoisotopic (exact) mass is 305 g/mol. The fourth-order valence-corrected chi connectivity index (χ4v) is 2.19. The van der Waals surface area contributed by atoms with Crippen molar-refractivity contribution in [3.8, 4) is 0 Å². The fourth-order valence-electron chi connectivity index (χ4n) is 2.19. The van der Waals surface area contributed by atoms with Gasteiger partial charge in [0, 0.05) is 31.4 Å². The van der Waals surface area contributed by atoms with Gasteiger partial charge in [0.2, 0.25) is 0 Å². The van der Waals surface area contributed by atoms with E-state index >= 15 is 0 Å². The predicted octanol–water partition coefficient (Wildman–Crippen LogP) is 2.87. The third-order valence-electron chi connectivity index (χ3n) is 3.33. The lowest BCUT2D eigenvalue weighted by atomic mass is 10.2. The van der Waals surface area contributed by atoms with Gasteiger partial charge in [-0.15, -0.1) is 0 Å².